The standard InChI is InChI=1S/C11H20O2/c1-3-5-7-9-11(13)10(12)8-6-4-2/h3-9H2,1-2H3. The maximum Gasteiger partial charge on any atom is 0.198 e. The van der Waals surface area contributed by atoms with Gasteiger partial charge in [-0.15, -0.1) is 0 Å². The van der Waals surface area contributed by atoms with E-state index >= 15 is 0 Å². The molecule has 0 N–H and O–H groups in total. The van der Waals surface area contributed by atoms with E-state index in [1.807, 2.05) is 6.92 Å². The zero-order chi connectivity index (χ0) is 10.1. The summed E-state index contributed by atoms with van der Waals surface area (Å²) >= 11 is 0. The molecule has 0 aliphatic heterocycles. The molecule has 0 aliphatic carbocycles. The lowest BCUT2D eigenvalue weighted by Crippen LogP contribution is -2.12. The topological polar surface area (TPSA) is 34.1 Å². The van der Waals surface area contributed by atoms with Gasteiger partial charge in [0.05, 0.1) is 0 Å². The van der Waals surface area contributed by atoms with E-state index in [0.717, 1.165) is 32.1 Å². The van der Waals surface area contributed by atoms with Crippen LogP contribution in [0.4, 0.5) is 0 Å². The highest BCUT2D eigenvalue weighted by atomic mass is 16.2. The molecular formula is C11H20O2. The molecule has 0 heterocycles. The Labute approximate surface area is 80.7 Å². The number of Topliss-reactive ketones (excluding diaryl/α,β-unsaturated/α-hetero) is 2. The molecular weight excluding hydrogens is 164 g/mol. The van der Waals surface area contributed by atoms with Gasteiger partial charge in [0.25, 0.3) is 0 Å². The van der Waals surface area contributed by atoms with Crippen molar-refractivity contribution in [3.63, 3.8) is 0 Å². The molecule has 0 aliphatic rings. The second kappa shape index (κ2) is 7.96. The zero-order valence-electron chi connectivity index (χ0n) is 8.77. The SMILES string of the molecule is CCCCCC(=O)C(=O)CCCC. The molecule has 0 amide bonds. The van der Waals surface area contributed by atoms with Crippen molar-refractivity contribution in [3.05, 3.63) is 0 Å². The third-order valence-corrected chi connectivity index (χ3v) is 2.08. The van der Waals surface area contributed by atoms with Crippen molar-refractivity contribution < 1.29 is 9.59 Å². The van der Waals surface area contributed by atoms with Gasteiger partial charge in [-0.2, -0.15) is 0 Å². The first-order valence-corrected chi connectivity index (χ1v) is 5.28. The summed E-state index contributed by atoms with van der Waals surface area (Å²) in [7, 11) is 0. The van der Waals surface area contributed by atoms with Crippen LogP contribution in [0, 0.1) is 0 Å². The maximum absolute atomic E-state index is 11.2. The molecule has 0 fully saturated rings. The minimum atomic E-state index is -0.169. The van der Waals surface area contributed by atoms with Crippen LogP contribution in [0.25, 0.3) is 0 Å². The lowest BCUT2D eigenvalue weighted by atomic mass is 10.1. The molecule has 76 valence electrons. The molecule has 0 spiro atoms. The van der Waals surface area contributed by atoms with E-state index in [-0.39, 0.29) is 11.6 Å². The van der Waals surface area contributed by atoms with Crippen LogP contribution in [0.15, 0.2) is 0 Å². The van der Waals surface area contributed by atoms with Crippen molar-refractivity contribution in [1.82, 2.24) is 0 Å². The minimum absolute atomic E-state index is 0.165. The first-order chi connectivity index (χ1) is 6.22. The molecule has 0 aromatic carbocycles. The van der Waals surface area contributed by atoms with Crippen molar-refractivity contribution in [3.8, 4) is 0 Å². The summed E-state index contributed by atoms with van der Waals surface area (Å²) in [5, 5.41) is 0. The second-order valence-electron chi connectivity index (χ2n) is 3.41. The Morgan fingerprint density at radius 2 is 1.23 bits per heavy atom. The molecule has 0 rings (SSSR count). The number of hydrogen-bond acceptors (Lipinski definition) is 2. The second-order valence-corrected chi connectivity index (χ2v) is 3.41. The highest BCUT2D eigenvalue weighted by molar-refractivity contribution is 6.37. The van der Waals surface area contributed by atoms with Gasteiger partial charge in [-0.05, 0) is 12.8 Å². The Balaban J connectivity index is 3.51. The third-order valence-electron chi connectivity index (χ3n) is 2.08. The third kappa shape index (κ3) is 6.50. The Kier molecular flexibility index (Phi) is 7.56. The van der Waals surface area contributed by atoms with E-state index < -0.39 is 0 Å². The van der Waals surface area contributed by atoms with Gasteiger partial charge in [0.15, 0.2) is 11.6 Å². The van der Waals surface area contributed by atoms with Gasteiger partial charge in [-0.3, -0.25) is 9.59 Å². The molecule has 0 radical (unpaired) electrons. The van der Waals surface area contributed by atoms with Gasteiger partial charge < -0.3 is 0 Å². The summed E-state index contributed by atoms with van der Waals surface area (Å²) in [5.74, 6) is -0.333. The fourth-order valence-corrected chi connectivity index (χ4v) is 1.15. The summed E-state index contributed by atoms with van der Waals surface area (Å²) in [4.78, 5) is 22.3. The van der Waals surface area contributed by atoms with E-state index in [1.165, 1.54) is 0 Å². The average Bonchev–Trinajstić information content (AvgIpc) is 2.14. The zero-order valence-corrected chi connectivity index (χ0v) is 8.77. The number of carbonyl (C=O) groups is 2. The van der Waals surface area contributed by atoms with Crippen LogP contribution in [-0.4, -0.2) is 11.6 Å². The van der Waals surface area contributed by atoms with E-state index in [0.29, 0.717) is 12.8 Å². The van der Waals surface area contributed by atoms with Crippen LogP contribution in [-0.2, 0) is 9.59 Å². The van der Waals surface area contributed by atoms with Gasteiger partial charge >= 0.3 is 0 Å². The number of hydrogen-bond donors (Lipinski definition) is 0. The fourth-order valence-electron chi connectivity index (χ4n) is 1.15. The van der Waals surface area contributed by atoms with Crippen molar-refractivity contribution in [2.45, 2.75) is 58.8 Å². The van der Waals surface area contributed by atoms with Crippen LogP contribution in [0.1, 0.15) is 58.8 Å². The normalized spacial score (nSPS) is 10.0. The first kappa shape index (κ1) is 12.3. The van der Waals surface area contributed by atoms with Crippen LogP contribution in [0.5, 0.6) is 0 Å². The molecule has 2 nitrogen and oxygen atoms in total. The smallest absolute Gasteiger partial charge is 0.198 e. The van der Waals surface area contributed by atoms with Crippen LogP contribution >= 0.6 is 0 Å². The maximum atomic E-state index is 11.2. The highest BCUT2D eigenvalue weighted by Crippen LogP contribution is 2.03. The number of rotatable bonds is 8. The van der Waals surface area contributed by atoms with Crippen molar-refractivity contribution in [1.29, 1.82) is 0 Å². The number of carbonyl (C=O) groups excluding carboxylic acids is 2. The predicted molar refractivity (Wildman–Crippen MR) is 53.7 cm³/mol. The Hall–Kier alpha value is -0.660. The Morgan fingerprint density at radius 3 is 1.69 bits per heavy atom. The molecule has 0 bridgehead atoms. The van der Waals surface area contributed by atoms with Crippen molar-refractivity contribution in [2.24, 2.45) is 0 Å². The molecule has 13 heavy (non-hydrogen) atoms. The van der Waals surface area contributed by atoms with Crippen LogP contribution < -0.4 is 0 Å². The number of ketones is 2. The molecule has 2 heteroatoms. The summed E-state index contributed by atoms with van der Waals surface area (Å²) in [6.45, 7) is 4.11. The quantitative estimate of drug-likeness (QED) is 0.429. The molecule has 0 aromatic rings. The van der Waals surface area contributed by atoms with E-state index in [9.17, 15) is 9.59 Å². The van der Waals surface area contributed by atoms with Gasteiger partial charge in [0.1, 0.15) is 0 Å². The van der Waals surface area contributed by atoms with Crippen molar-refractivity contribution in [2.75, 3.05) is 0 Å². The lowest BCUT2D eigenvalue weighted by Gasteiger charge is -1.98. The van der Waals surface area contributed by atoms with Crippen LogP contribution in [0.2, 0.25) is 0 Å². The van der Waals surface area contributed by atoms with E-state index in [1.54, 1.807) is 0 Å². The summed E-state index contributed by atoms with van der Waals surface area (Å²) in [6, 6.07) is 0. The monoisotopic (exact) mass is 184 g/mol. The predicted octanol–water partition coefficient (Wildman–Crippen LogP) is 2.90. The fraction of sp³-hybridized carbons (Fsp3) is 0.818. The first-order valence-electron chi connectivity index (χ1n) is 5.28. The summed E-state index contributed by atoms with van der Waals surface area (Å²) in [6.07, 6.45) is 5.74. The average molecular weight is 184 g/mol. The molecule has 0 aromatic heterocycles. The summed E-state index contributed by atoms with van der Waals surface area (Å²) in [5.41, 5.74) is 0. The largest absolute Gasteiger partial charge is 0.291 e. The van der Waals surface area contributed by atoms with E-state index in [4.69, 9.17) is 0 Å². The van der Waals surface area contributed by atoms with Gasteiger partial charge in [-0.25, -0.2) is 0 Å². The lowest BCUT2D eigenvalue weighted by molar-refractivity contribution is -0.136. The van der Waals surface area contributed by atoms with Gasteiger partial charge in [0, 0.05) is 12.8 Å². The van der Waals surface area contributed by atoms with Gasteiger partial charge in [-0.1, -0.05) is 33.1 Å². The van der Waals surface area contributed by atoms with Crippen molar-refractivity contribution >= 4 is 11.6 Å². The number of unbranched alkanes of at least 4 members (excludes halogenated alkanes) is 3. The van der Waals surface area contributed by atoms with E-state index in [2.05, 4.69) is 6.92 Å². The minimum Gasteiger partial charge on any atom is -0.291 e. The molecule has 0 unspecified atom stereocenters. The Morgan fingerprint density at radius 1 is 0.769 bits per heavy atom. The highest BCUT2D eigenvalue weighted by Gasteiger charge is 2.11. The molecule has 0 saturated heterocycles. The van der Waals surface area contributed by atoms with Crippen LogP contribution in [0.3, 0.4) is 0 Å². The van der Waals surface area contributed by atoms with Gasteiger partial charge in [0.2, 0.25) is 0 Å². The summed E-state index contributed by atoms with van der Waals surface area (Å²) < 4.78 is 0. The molecule has 0 saturated carbocycles. The Bertz CT molecular complexity index is 161. The molecule has 0 atom stereocenters.